The number of carbonyl (C=O) groups excluding carboxylic acids is 2. The molecule has 2 aliphatic rings. The second-order valence-corrected chi connectivity index (χ2v) is 4.82. The van der Waals surface area contributed by atoms with Gasteiger partial charge >= 0.3 is 0 Å². The average Bonchev–Trinajstić information content (AvgIpc) is 2.89. The van der Waals surface area contributed by atoms with Crippen LogP contribution in [-0.2, 0) is 9.59 Å². The highest BCUT2D eigenvalue weighted by molar-refractivity contribution is 5.82. The van der Waals surface area contributed by atoms with Crippen LogP contribution < -0.4 is 10.6 Å². The summed E-state index contributed by atoms with van der Waals surface area (Å²) >= 11 is 0. The SMILES string of the molecule is O=C1NCCC1/C=C/CCCC1CCNC1=O. The van der Waals surface area contributed by atoms with Crippen molar-refractivity contribution in [1.29, 1.82) is 0 Å². The number of nitrogens with one attached hydrogen (secondary N) is 2. The van der Waals surface area contributed by atoms with Crippen LogP contribution in [0.15, 0.2) is 12.2 Å². The van der Waals surface area contributed by atoms with Crippen LogP contribution in [-0.4, -0.2) is 24.9 Å². The lowest BCUT2D eigenvalue weighted by Crippen LogP contribution is -2.18. The molecular weight excluding hydrogens is 216 g/mol. The van der Waals surface area contributed by atoms with E-state index in [-0.39, 0.29) is 23.7 Å². The molecule has 0 aromatic carbocycles. The van der Waals surface area contributed by atoms with E-state index < -0.39 is 0 Å². The molecule has 0 bridgehead atoms. The van der Waals surface area contributed by atoms with Crippen molar-refractivity contribution in [2.45, 2.75) is 32.1 Å². The van der Waals surface area contributed by atoms with Crippen molar-refractivity contribution in [3.8, 4) is 0 Å². The van der Waals surface area contributed by atoms with E-state index in [1.54, 1.807) is 0 Å². The topological polar surface area (TPSA) is 58.2 Å². The van der Waals surface area contributed by atoms with Gasteiger partial charge in [0.05, 0.1) is 5.92 Å². The van der Waals surface area contributed by atoms with Gasteiger partial charge in [-0.3, -0.25) is 9.59 Å². The molecule has 2 saturated heterocycles. The zero-order valence-corrected chi connectivity index (χ0v) is 10.1. The Bertz CT molecular complexity index is 325. The predicted molar refractivity (Wildman–Crippen MR) is 65.2 cm³/mol. The van der Waals surface area contributed by atoms with Gasteiger partial charge in [-0.1, -0.05) is 12.2 Å². The summed E-state index contributed by atoms with van der Waals surface area (Å²) in [6.07, 6.45) is 8.96. The summed E-state index contributed by atoms with van der Waals surface area (Å²) in [7, 11) is 0. The Hall–Kier alpha value is -1.32. The Morgan fingerprint density at radius 3 is 2.53 bits per heavy atom. The zero-order valence-electron chi connectivity index (χ0n) is 10.1. The Kier molecular flexibility index (Phi) is 4.18. The Balaban J connectivity index is 1.61. The Morgan fingerprint density at radius 2 is 1.88 bits per heavy atom. The van der Waals surface area contributed by atoms with E-state index in [0.717, 1.165) is 45.2 Å². The van der Waals surface area contributed by atoms with Gasteiger partial charge in [-0.15, -0.1) is 0 Å². The molecule has 0 aromatic heterocycles. The third-order valence-corrected chi connectivity index (χ3v) is 3.55. The van der Waals surface area contributed by atoms with Gasteiger partial charge in [0.25, 0.3) is 0 Å². The van der Waals surface area contributed by atoms with Crippen LogP contribution in [0.25, 0.3) is 0 Å². The maximum atomic E-state index is 11.3. The highest BCUT2D eigenvalue weighted by atomic mass is 16.2. The monoisotopic (exact) mass is 236 g/mol. The molecule has 4 heteroatoms. The molecule has 17 heavy (non-hydrogen) atoms. The molecule has 4 nitrogen and oxygen atoms in total. The third kappa shape index (κ3) is 3.32. The number of allylic oxidation sites excluding steroid dienone is 1. The van der Waals surface area contributed by atoms with Crippen molar-refractivity contribution < 1.29 is 9.59 Å². The molecule has 0 aliphatic carbocycles. The lowest BCUT2D eigenvalue weighted by Gasteiger charge is -2.04. The molecule has 2 heterocycles. The summed E-state index contributed by atoms with van der Waals surface area (Å²) < 4.78 is 0. The highest BCUT2D eigenvalue weighted by Crippen LogP contribution is 2.17. The predicted octanol–water partition coefficient (Wildman–Crippen LogP) is 0.985. The van der Waals surface area contributed by atoms with Crippen LogP contribution in [0.5, 0.6) is 0 Å². The third-order valence-electron chi connectivity index (χ3n) is 3.55. The van der Waals surface area contributed by atoms with Crippen molar-refractivity contribution in [1.82, 2.24) is 10.6 Å². The number of carbonyl (C=O) groups is 2. The van der Waals surface area contributed by atoms with Crippen LogP contribution in [0.1, 0.15) is 32.1 Å². The molecule has 0 saturated carbocycles. The number of unbranched alkanes of at least 4 members (excludes halogenated alkanes) is 1. The first-order valence-electron chi connectivity index (χ1n) is 6.49. The molecule has 2 unspecified atom stereocenters. The molecule has 0 radical (unpaired) electrons. The fourth-order valence-electron chi connectivity index (χ4n) is 2.46. The molecule has 2 fully saturated rings. The molecule has 2 atom stereocenters. The van der Waals surface area contributed by atoms with Gasteiger partial charge in [-0.05, 0) is 32.1 Å². The van der Waals surface area contributed by atoms with Crippen molar-refractivity contribution in [3.63, 3.8) is 0 Å². The average molecular weight is 236 g/mol. The fraction of sp³-hybridized carbons (Fsp3) is 0.692. The zero-order chi connectivity index (χ0) is 12.1. The minimum absolute atomic E-state index is 0.0739. The number of rotatable bonds is 5. The van der Waals surface area contributed by atoms with E-state index in [9.17, 15) is 9.59 Å². The lowest BCUT2D eigenvalue weighted by molar-refractivity contribution is -0.122. The van der Waals surface area contributed by atoms with Crippen LogP contribution in [0.4, 0.5) is 0 Å². The molecule has 2 aliphatic heterocycles. The first kappa shape index (κ1) is 12.1. The smallest absolute Gasteiger partial charge is 0.226 e. The van der Waals surface area contributed by atoms with E-state index in [4.69, 9.17) is 0 Å². The molecule has 2 amide bonds. The van der Waals surface area contributed by atoms with Gasteiger partial charge < -0.3 is 10.6 Å². The second kappa shape index (κ2) is 5.84. The number of hydrogen-bond donors (Lipinski definition) is 2. The summed E-state index contributed by atoms with van der Waals surface area (Å²) in [6.45, 7) is 1.64. The first-order chi connectivity index (χ1) is 8.27. The lowest BCUT2D eigenvalue weighted by atomic mass is 10.00. The number of hydrogen-bond acceptors (Lipinski definition) is 2. The van der Waals surface area contributed by atoms with Crippen molar-refractivity contribution in [2.24, 2.45) is 11.8 Å². The maximum Gasteiger partial charge on any atom is 0.226 e. The molecule has 94 valence electrons. The van der Waals surface area contributed by atoms with Gasteiger partial charge in [0.1, 0.15) is 0 Å². The highest BCUT2D eigenvalue weighted by Gasteiger charge is 2.23. The second-order valence-electron chi connectivity index (χ2n) is 4.82. The van der Waals surface area contributed by atoms with Crippen LogP contribution in [0.3, 0.4) is 0 Å². The van der Waals surface area contributed by atoms with Crippen LogP contribution >= 0.6 is 0 Å². The van der Waals surface area contributed by atoms with Gasteiger partial charge in [0.2, 0.25) is 11.8 Å². The van der Waals surface area contributed by atoms with Gasteiger partial charge in [-0.25, -0.2) is 0 Å². The van der Waals surface area contributed by atoms with E-state index in [0.29, 0.717) is 0 Å². The minimum Gasteiger partial charge on any atom is -0.356 e. The largest absolute Gasteiger partial charge is 0.356 e. The van der Waals surface area contributed by atoms with Crippen LogP contribution in [0.2, 0.25) is 0 Å². The van der Waals surface area contributed by atoms with E-state index in [1.807, 2.05) is 6.08 Å². The normalized spacial score (nSPS) is 28.7. The quantitative estimate of drug-likeness (QED) is 0.552. The maximum absolute atomic E-state index is 11.3. The summed E-state index contributed by atoms with van der Waals surface area (Å²) in [5, 5.41) is 5.67. The molecular formula is C13H20N2O2. The number of amides is 2. The van der Waals surface area contributed by atoms with Gasteiger partial charge in [0.15, 0.2) is 0 Å². The molecule has 2 N–H and O–H groups in total. The van der Waals surface area contributed by atoms with E-state index in [1.165, 1.54) is 0 Å². The molecule has 0 aromatic rings. The van der Waals surface area contributed by atoms with Gasteiger partial charge in [-0.2, -0.15) is 0 Å². The fourth-order valence-corrected chi connectivity index (χ4v) is 2.46. The summed E-state index contributed by atoms with van der Waals surface area (Å²) in [4.78, 5) is 22.6. The standard InChI is InChI=1S/C13H20N2O2/c16-12-10(6-8-14-12)4-2-1-3-5-11-7-9-15-13(11)17/h2,4,10-11H,1,3,5-9H2,(H,14,16)(H,15,17)/b4-2+. The van der Waals surface area contributed by atoms with Crippen molar-refractivity contribution in [3.05, 3.63) is 12.2 Å². The van der Waals surface area contributed by atoms with E-state index in [2.05, 4.69) is 16.7 Å². The summed E-state index contributed by atoms with van der Waals surface area (Å²) in [5.41, 5.74) is 0. The minimum atomic E-state index is 0.0739. The summed E-state index contributed by atoms with van der Waals surface area (Å²) in [5.74, 6) is 0.656. The Morgan fingerprint density at radius 1 is 1.12 bits per heavy atom. The van der Waals surface area contributed by atoms with Crippen molar-refractivity contribution in [2.75, 3.05) is 13.1 Å². The first-order valence-corrected chi connectivity index (χ1v) is 6.49. The van der Waals surface area contributed by atoms with Crippen LogP contribution in [0, 0.1) is 11.8 Å². The molecule has 0 spiro atoms. The summed E-state index contributed by atoms with van der Waals surface area (Å²) in [6, 6.07) is 0. The Labute approximate surface area is 102 Å². The van der Waals surface area contributed by atoms with Crippen molar-refractivity contribution >= 4 is 11.8 Å². The van der Waals surface area contributed by atoms with Gasteiger partial charge in [0, 0.05) is 19.0 Å². The molecule has 2 rings (SSSR count). The van der Waals surface area contributed by atoms with E-state index >= 15 is 0 Å².